The molecule has 15 heavy (non-hydrogen) atoms. The van der Waals surface area contributed by atoms with E-state index < -0.39 is 0 Å². The molecule has 2 rings (SSSR count). The molecule has 0 radical (unpaired) electrons. The molecule has 0 aliphatic carbocycles. The third kappa shape index (κ3) is 6.46. The van der Waals surface area contributed by atoms with Gasteiger partial charge in [0.15, 0.2) is 0 Å². The summed E-state index contributed by atoms with van der Waals surface area (Å²) in [4.78, 5) is 0. The topological polar surface area (TPSA) is 52.0 Å². The van der Waals surface area contributed by atoms with Crippen molar-refractivity contribution < 1.29 is 0 Å². The van der Waals surface area contributed by atoms with Gasteiger partial charge in [0.1, 0.15) is 0 Å². The molecule has 80 valence electrons. The van der Waals surface area contributed by atoms with Crippen molar-refractivity contribution >= 4 is 24.9 Å². The Morgan fingerprint density at radius 2 is 0.800 bits per heavy atom. The van der Waals surface area contributed by atoms with Gasteiger partial charge < -0.3 is 11.5 Å². The Morgan fingerprint density at radius 1 is 0.533 bits per heavy atom. The fourth-order valence-electron chi connectivity index (χ4n) is 0.906. The molecule has 0 atom stereocenters. The Labute approximate surface area is 97.4 Å². The van der Waals surface area contributed by atoms with E-state index in [1.807, 2.05) is 60.7 Å². The van der Waals surface area contributed by atoms with Crippen molar-refractivity contribution in [1.29, 1.82) is 0 Å². The molecule has 0 fully saturated rings. The van der Waals surface area contributed by atoms with Gasteiger partial charge in [0.25, 0.3) is 0 Å². The van der Waals surface area contributed by atoms with E-state index >= 15 is 0 Å². The van der Waals surface area contributed by atoms with Gasteiger partial charge >= 0.3 is 0 Å². The molecule has 0 aromatic heterocycles. The standard InChI is InChI=1S/2C6H7N.H2S/c2*7-6-4-2-1-3-5-6;/h2*1-5H,7H2;1H2. The van der Waals surface area contributed by atoms with Gasteiger partial charge in [-0.2, -0.15) is 13.5 Å². The summed E-state index contributed by atoms with van der Waals surface area (Å²) in [6.07, 6.45) is 0. The van der Waals surface area contributed by atoms with Gasteiger partial charge in [-0.3, -0.25) is 0 Å². The minimum absolute atomic E-state index is 0. The third-order valence-electron chi connectivity index (χ3n) is 1.60. The highest BCUT2D eigenvalue weighted by molar-refractivity contribution is 7.59. The van der Waals surface area contributed by atoms with Crippen LogP contribution in [0.5, 0.6) is 0 Å². The van der Waals surface area contributed by atoms with E-state index in [1.165, 1.54) is 0 Å². The maximum atomic E-state index is 5.36. The van der Waals surface area contributed by atoms with Crippen molar-refractivity contribution in [3.8, 4) is 0 Å². The fraction of sp³-hybridized carbons (Fsp3) is 0. The molecule has 0 saturated carbocycles. The van der Waals surface area contributed by atoms with Crippen LogP contribution >= 0.6 is 13.5 Å². The number of hydrogen-bond donors (Lipinski definition) is 2. The molecule has 0 aliphatic heterocycles. The van der Waals surface area contributed by atoms with Crippen LogP contribution in [0.2, 0.25) is 0 Å². The summed E-state index contributed by atoms with van der Waals surface area (Å²) in [6, 6.07) is 19.0. The van der Waals surface area contributed by atoms with Crippen LogP contribution in [-0.2, 0) is 0 Å². The average Bonchev–Trinajstić information content (AvgIpc) is 2.21. The van der Waals surface area contributed by atoms with E-state index in [0.717, 1.165) is 11.4 Å². The minimum atomic E-state index is 0. The molecule has 0 spiro atoms. The Kier molecular flexibility index (Phi) is 6.93. The normalized spacial score (nSPS) is 8.00. The second-order valence-corrected chi connectivity index (χ2v) is 2.82. The number of hydrogen-bond acceptors (Lipinski definition) is 2. The van der Waals surface area contributed by atoms with Crippen molar-refractivity contribution in [3.63, 3.8) is 0 Å². The highest BCUT2D eigenvalue weighted by Gasteiger charge is 1.72. The van der Waals surface area contributed by atoms with Gasteiger partial charge in [0.05, 0.1) is 0 Å². The van der Waals surface area contributed by atoms with Crippen LogP contribution in [0.15, 0.2) is 60.7 Å². The van der Waals surface area contributed by atoms with Crippen molar-refractivity contribution in [3.05, 3.63) is 60.7 Å². The molecule has 2 aromatic rings. The number of nitrogens with two attached hydrogens (primary N) is 2. The number of para-hydroxylation sites is 2. The minimum Gasteiger partial charge on any atom is -0.399 e. The summed E-state index contributed by atoms with van der Waals surface area (Å²) in [5.41, 5.74) is 12.4. The Morgan fingerprint density at radius 3 is 0.933 bits per heavy atom. The lowest BCUT2D eigenvalue weighted by Crippen LogP contribution is -1.79. The molecule has 0 aliphatic rings. The van der Waals surface area contributed by atoms with E-state index in [-0.39, 0.29) is 13.5 Å². The molecule has 0 saturated heterocycles. The van der Waals surface area contributed by atoms with Crippen LogP contribution in [-0.4, -0.2) is 0 Å². The highest BCUT2D eigenvalue weighted by Crippen LogP contribution is 1.96. The van der Waals surface area contributed by atoms with Crippen LogP contribution in [0, 0.1) is 0 Å². The lowest BCUT2D eigenvalue weighted by molar-refractivity contribution is 1.69. The molecule has 3 heteroatoms. The molecule has 4 N–H and O–H groups in total. The van der Waals surface area contributed by atoms with E-state index in [0.29, 0.717) is 0 Å². The van der Waals surface area contributed by atoms with Gasteiger partial charge in [-0.15, -0.1) is 0 Å². The van der Waals surface area contributed by atoms with Crippen molar-refractivity contribution in [2.24, 2.45) is 0 Å². The number of benzene rings is 2. The first-order chi connectivity index (χ1) is 6.79. The van der Waals surface area contributed by atoms with Crippen LogP contribution < -0.4 is 11.5 Å². The smallest absolute Gasteiger partial charge is 0.0313 e. The van der Waals surface area contributed by atoms with Crippen molar-refractivity contribution in [2.75, 3.05) is 11.5 Å². The molecule has 2 nitrogen and oxygen atoms in total. The Bertz CT molecular complexity index is 311. The zero-order chi connectivity index (χ0) is 10.2. The fourth-order valence-corrected chi connectivity index (χ4v) is 0.906. The number of nitrogen functional groups attached to an aromatic ring is 2. The summed E-state index contributed by atoms with van der Waals surface area (Å²) >= 11 is 0. The van der Waals surface area contributed by atoms with Crippen LogP contribution in [0.4, 0.5) is 11.4 Å². The van der Waals surface area contributed by atoms with Crippen LogP contribution in [0.3, 0.4) is 0 Å². The first-order valence-electron chi connectivity index (χ1n) is 4.40. The number of rotatable bonds is 0. The summed E-state index contributed by atoms with van der Waals surface area (Å²) in [7, 11) is 0. The van der Waals surface area contributed by atoms with Crippen molar-refractivity contribution in [2.45, 2.75) is 0 Å². The Hall–Kier alpha value is -1.61. The molecule has 0 bridgehead atoms. The molecule has 0 amide bonds. The van der Waals surface area contributed by atoms with Gasteiger partial charge in [-0.25, -0.2) is 0 Å². The summed E-state index contributed by atoms with van der Waals surface area (Å²) < 4.78 is 0. The SMILES string of the molecule is Nc1ccccc1.Nc1ccccc1.S. The number of anilines is 2. The maximum Gasteiger partial charge on any atom is 0.0313 e. The second-order valence-electron chi connectivity index (χ2n) is 2.82. The van der Waals surface area contributed by atoms with E-state index in [4.69, 9.17) is 11.5 Å². The molecule has 0 heterocycles. The van der Waals surface area contributed by atoms with E-state index in [9.17, 15) is 0 Å². The molecule has 0 unspecified atom stereocenters. The molecular weight excluding hydrogens is 204 g/mol. The predicted molar refractivity (Wildman–Crippen MR) is 72.1 cm³/mol. The molecular formula is C12H16N2S. The third-order valence-corrected chi connectivity index (χ3v) is 1.60. The van der Waals surface area contributed by atoms with Crippen molar-refractivity contribution in [1.82, 2.24) is 0 Å². The summed E-state index contributed by atoms with van der Waals surface area (Å²) in [5, 5.41) is 0. The van der Waals surface area contributed by atoms with Gasteiger partial charge in [-0.05, 0) is 24.3 Å². The quantitative estimate of drug-likeness (QED) is 0.671. The van der Waals surface area contributed by atoms with Gasteiger partial charge in [-0.1, -0.05) is 36.4 Å². The summed E-state index contributed by atoms with van der Waals surface area (Å²) in [5.74, 6) is 0. The highest BCUT2D eigenvalue weighted by atomic mass is 32.1. The van der Waals surface area contributed by atoms with Crippen LogP contribution in [0.25, 0.3) is 0 Å². The second kappa shape index (κ2) is 7.76. The summed E-state index contributed by atoms with van der Waals surface area (Å²) in [6.45, 7) is 0. The zero-order valence-corrected chi connectivity index (χ0v) is 9.43. The lowest BCUT2D eigenvalue weighted by atomic mass is 10.3. The predicted octanol–water partition coefficient (Wildman–Crippen LogP) is 2.65. The zero-order valence-electron chi connectivity index (χ0n) is 8.43. The van der Waals surface area contributed by atoms with Gasteiger partial charge in [0, 0.05) is 11.4 Å². The first-order valence-corrected chi connectivity index (χ1v) is 4.40. The molecule has 2 aromatic carbocycles. The monoisotopic (exact) mass is 220 g/mol. The Balaban J connectivity index is 0.000000245. The lowest BCUT2D eigenvalue weighted by Gasteiger charge is -1.83. The average molecular weight is 220 g/mol. The first kappa shape index (κ1) is 13.4. The van der Waals surface area contributed by atoms with Crippen LogP contribution in [0.1, 0.15) is 0 Å². The van der Waals surface area contributed by atoms with E-state index in [2.05, 4.69) is 0 Å². The largest absolute Gasteiger partial charge is 0.399 e. The van der Waals surface area contributed by atoms with Gasteiger partial charge in [0.2, 0.25) is 0 Å². The maximum absolute atomic E-state index is 5.36. The van der Waals surface area contributed by atoms with E-state index in [1.54, 1.807) is 0 Å².